The maximum Gasteiger partial charge on any atom is 0.410 e. The van der Waals surface area contributed by atoms with Crippen LogP contribution in [0.1, 0.15) is 31.2 Å². The van der Waals surface area contributed by atoms with Gasteiger partial charge in [-0.25, -0.2) is 4.79 Å². The van der Waals surface area contributed by atoms with Gasteiger partial charge in [0.2, 0.25) is 0 Å². The Kier molecular flexibility index (Phi) is 4.39. The number of ether oxygens (including phenoxy) is 1. The van der Waals surface area contributed by atoms with E-state index in [2.05, 4.69) is 0 Å². The van der Waals surface area contributed by atoms with Crippen molar-refractivity contribution < 1.29 is 9.53 Å². The number of hydrogen-bond acceptors (Lipinski definition) is 2. The van der Waals surface area contributed by atoms with Gasteiger partial charge < -0.3 is 9.64 Å². The molecule has 2 fully saturated rings. The molecule has 1 saturated carbocycles. The highest BCUT2D eigenvalue weighted by atomic mass is 35.5. The largest absolute Gasteiger partial charge is 0.445 e. The summed E-state index contributed by atoms with van der Waals surface area (Å²) in [6, 6.07) is 9.82. The van der Waals surface area contributed by atoms with Crippen LogP contribution in [-0.2, 0) is 11.3 Å². The average Bonchev–Trinajstić information content (AvgIpc) is 3.13. The predicted octanol–water partition coefficient (Wildman–Crippen LogP) is 4.05. The van der Waals surface area contributed by atoms with Crippen molar-refractivity contribution in [3.63, 3.8) is 0 Å². The van der Waals surface area contributed by atoms with E-state index >= 15 is 0 Å². The van der Waals surface area contributed by atoms with Crippen LogP contribution in [0.4, 0.5) is 4.79 Å². The molecular weight excluding hydrogens is 286 g/mol. The SMILES string of the molecule is O=C(OCc1ccccc1)N1CCC2(CCC(CCl)C2)C1. The number of halogens is 1. The maximum atomic E-state index is 12.2. The lowest BCUT2D eigenvalue weighted by atomic mass is 9.85. The lowest BCUT2D eigenvalue weighted by Gasteiger charge is -2.23. The molecule has 1 aliphatic heterocycles. The van der Waals surface area contributed by atoms with Crippen molar-refractivity contribution >= 4 is 17.7 Å². The minimum absolute atomic E-state index is 0.176. The van der Waals surface area contributed by atoms with Gasteiger partial charge in [-0.05, 0) is 42.6 Å². The molecule has 114 valence electrons. The molecule has 1 aliphatic carbocycles. The number of nitrogens with zero attached hydrogens (tertiary/aromatic N) is 1. The fourth-order valence-corrected chi connectivity index (χ4v) is 3.99. The second-order valence-corrected chi connectivity index (χ2v) is 6.78. The molecule has 3 rings (SSSR count). The molecule has 0 aromatic heterocycles. The van der Waals surface area contributed by atoms with E-state index in [0.717, 1.165) is 31.0 Å². The molecule has 0 radical (unpaired) electrons. The number of hydrogen-bond donors (Lipinski definition) is 0. The smallest absolute Gasteiger partial charge is 0.410 e. The minimum Gasteiger partial charge on any atom is -0.445 e. The molecule has 1 saturated heterocycles. The van der Waals surface area contributed by atoms with Crippen molar-refractivity contribution in [3.8, 4) is 0 Å². The summed E-state index contributed by atoms with van der Waals surface area (Å²) in [7, 11) is 0. The van der Waals surface area contributed by atoms with Crippen molar-refractivity contribution in [1.29, 1.82) is 0 Å². The van der Waals surface area contributed by atoms with Crippen molar-refractivity contribution in [2.75, 3.05) is 19.0 Å². The van der Waals surface area contributed by atoms with Crippen molar-refractivity contribution in [1.82, 2.24) is 4.90 Å². The van der Waals surface area contributed by atoms with Crippen LogP contribution in [0, 0.1) is 11.3 Å². The second kappa shape index (κ2) is 6.27. The van der Waals surface area contributed by atoms with Gasteiger partial charge in [-0.1, -0.05) is 30.3 Å². The summed E-state index contributed by atoms with van der Waals surface area (Å²) >= 11 is 5.98. The van der Waals surface area contributed by atoms with Gasteiger partial charge in [-0.15, -0.1) is 11.6 Å². The van der Waals surface area contributed by atoms with E-state index in [9.17, 15) is 4.79 Å². The van der Waals surface area contributed by atoms with Crippen molar-refractivity contribution in [3.05, 3.63) is 35.9 Å². The number of rotatable bonds is 3. The summed E-state index contributed by atoms with van der Waals surface area (Å²) in [4.78, 5) is 14.1. The number of carbonyl (C=O) groups is 1. The molecule has 1 aromatic carbocycles. The zero-order valence-electron chi connectivity index (χ0n) is 12.3. The van der Waals surface area contributed by atoms with E-state index in [1.165, 1.54) is 19.3 Å². The topological polar surface area (TPSA) is 29.5 Å². The molecule has 1 aromatic rings. The highest BCUT2D eigenvalue weighted by Crippen LogP contribution is 2.48. The Morgan fingerprint density at radius 3 is 2.86 bits per heavy atom. The van der Waals surface area contributed by atoms with Crippen molar-refractivity contribution in [2.45, 2.75) is 32.3 Å². The Balaban J connectivity index is 1.51. The number of likely N-dealkylation sites (tertiary alicyclic amines) is 1. The molecule has 2 aliphatic rings. The third-order valence-corrected chi connectivity index (χ3v) is 5.36. The molecule has 2 unspecified atom stereocenters. The Bertz CT molecular complexity index is 493. The first kappa shape index (κ1) is 14.7. The number of benzene rings is 1. The van der Waals surface area contributed by atoms with E-state index in [1.807, 2.05) is 35.2 Å². The van der Waals surface area contributed by atoms with Crippen molar-refractivity contribution in [2.24, 2.45) is 11.3 Å². The first-order valence-electron chi connectivity index (χ1n) is 7.72. The van der Waals surface area contributed by atoms with E-state index in [-0.39, 0.29) is 6.09 Å². The molecule has 0 bridgehead atoms. The summed E-state index contributed by atoms with van der Waals surface area (Å²) in [6.45, 7) is 2.02. The Hall–Kier alpha value is -1.22. The molecule has 3 nitrogen and oxygen atoms in total. The molecule has 1 spiro atoms. The van der Waals surface area contributed by atoms with Crippen LogP contribution in [0.2, 0.25) is 0 Å². The highest BCUT2D eigenvalue weighted by Gasteiger charge is 2.45. The van der Waals surface area contributed by atoms with E-state index in [0.29, 0.717) is 17.9 Å². The standard InChI is InChI=1S/C17H22ClNO2/c18-11-15-6-7-17(10-15)8-9-19(13-17)16(20)21-12-14-4-2-1-3-5-14/h1-5,15H,6-13H2. The molecule has 1 amide bonds. The van der Waals surface area contributed by atoms with E-state index in [4.69, 9.17) is 16.3 Å². The first-order valence-corrected chi connectivity index (χ1v) is 8.26. The van der Waals surface area contributed by atoms with Gasteiger partial charge in [0.25, 0.3) is 0 Å². The third-order valence-electron chi connectivity index (χ3n) is 4.92. The van der Waals surface area contributed by atoms with Gasteiger partial charge in [0.15, 0.2) is 0 Å². The van der Waals surface area contributed by atoms with Crippen LogP contribution in [0.15, 0.2) is 30.3 Å². The summed E-state index contributed by atoms with van der Waals surface area (Å²) in [5.74, 6) is 1.38. The molecule has 21 heavy (non-hydrogen) atoms. The van der Waals surface area contributed by atoms with Crippen LogP contribution < -0.4 is 0 Å². The zero-order valence-corrected chi connectivity index (χ0v) is 13.0. The van der Waals surface area contributed by atoms with E-state index < -0.39 is 0 Å². The monoisotopic (exact) mass is 307 g/mol. The summed E-state index contributed by atoms with van der Waals surface area (Å²) in [5.41, 5.74) is 1.34. The van der Waals surface area contributed by atoms with Crippen LogP contribution in [0.3, 0.4) is 0 Å². The predicted molar refractivity (Wildman–Crippen MR) is 83.3 cm³/mol. The van der Waals surface area contributed by atoms with Gasteiger partial charge in [0.05, 0.1) is 0 Å². The van der Waals surface area contributed by atoms with Crippen LogP contribution >= 0.6 is 11.6 Å². The Morgan fingerprint density at radius 1 is 1.33 bits per heavy atom. The number of alkyl halides is 1. The molecule has 4 heteroatoms. The molecular formula is C17H22ClNO2. The number of carbonyl (C=O) groups excluding carboxylic acids is 1. The van der Waals surface area contributed by atoms with Crippen LogP contribution in [0.25, 0.3) is 0 Å². The Morgan fingerprint density at radius 2 is 2.14 bits per heavy atom. The zero-order chi connectivity index (χ0) is 14.7. The minimum atomic E-state index is -0.176. The number of amides is 1. The van der Waals surface area contributed by atoms with Crippen LogP contribution in [-0.4, -0.2) is 30.0 Å². The summed E-state index contributed by atoms with van der Waals surface area (Å²) in [5, 5.41) is 0. The Labute approximate surface area is 131 Å². The molecule has 1 heterocycles. The third kappa shape index (κ3) is 3.34. The lowest BCUT2D eigenvalue weighted by molar-refractivity contribution is 0.0995. The lowest BCUT2D eigenvalue weighted by Crippen LogP contribution is -2.31. The van der Waals surface area contributed by atoms with E-state index in [1.54, 1.807) is 0 Å². The second-order valence-electron chi connectivity index (χ2n) is 6.47. The van der Waals surface area contributed by atoms with Gasteiger partial charge in [-0.2, -0.15) is 0 Å². The van der Waals surface area contributed by atoms with Gasteiger partial charge in [0.1, 0.15) is 6.61 Å². The maximum absolute atomic E-state index is 12.2. The quantitative estimate of drug-likeness (QED) is 0.788. The molecule has 2 atom stereocenters. The van der Waals surface area contributed by atoms with Crippen LogP contribution in [0.5, 0.6) is 0 Å². The van der Waals surface area contributed by atoms with Gasteiger partial charge >= 0.3 is 6.09 Å². The summed E-state index contributed by atoms with van der Waals surface area (Å²) in [6.07, 6.45) is 4.49. The average molecular weight is 308 g/mol. The highest BCUT2D eigenvalue weighted by molar-refractivity contribution is 6.18. The van der Waals surface area contributed by atoms with Gasteiger partial charge in [-0.3, -0.25) is 0 Å². The normalized spacial score (nSPS) is 28.2. The fourth-order valence-electron chi connectivity index (χ4n) is 3.73. The first-order chi connectivity index (χ1) is 10.2. The van der Waals surface area contributed by atoms with Gasteiger partial charge in [0, 0.05) is 19.0 Å². The summed E-state index contributed by atoms with van der Waals surface area (Å²) < 4.78 is 5.43. The fraction of sp³-hybridized carbons (Fsp3) is 0.588. The molecule has 0 N–H and O–H groups in total.